The van der Waals surface area contributed by atoms with Crippen LogP contribution in [-0.2, 0) is 4.74 Å². The monoisotopic (exact) mass is 462 g/mol. The molecule has 9 nitrogen and oxygen atoms in total. The van der Waals surface area contributed by atoms with Crippen LogP contribution < -0.4 is 16.4 Å². The number of rotatable bonds is 6. The number of hydrogen-bond donors (Lipinski definition) is 3. The number of amides is 2. The van der Waals surface area contributed by atoms with Crippen LogP contribution in [-0.4, -0.2) is 27.9 Å². The molecule has 1 aliphatic carbocycles. The highest BCUT2D eigenvalue weighted by molar-refractivity contribution is 5.98. The molecule has 0 saturated heterocycles. The first-order chi connectivity index (χ1) is 16.4. The van der Waals surface area contributed by atoms with E-state index in [1.807, 2.05) is 6.07 Å². The molecule has 3 atom stereocenters. The van der Waals surface area contributed by atoms with Crippen LogP contribution in [0.5, 0.6) is 0 Å². The molecule has 0 radical (unpaired) electrons. The molecule has 174 valence electrons. The summed E-state index contributed by atoms with van der Waals surface area (Å²) >= 11 is 0. The van der Waals surface area contributed by atoms with Gasteiger partial charge in [0, 0.05) is 24.0 Å². The lowest BCUT2D eigenvalue weighted by molar-refractivity contribution is 0.0602. The van der Waals surface area contributed by atoms with Gasteiger partial charge in [0.1, 0.15) is 17.5 Å². The average Bonchev–Trinajstić information content (AvgIpc) is 3.25. The number of nitrogens with two attached hydrogens (primary N) is 1. The minimum atomic E-state index is -0.682. The summed E-state index contributed by atoms with van der Waals surface area (Å²) in [6.45, 7) is 0. The van der Waals surface area contributed by atoms with E-state index in [0.717, 1.165) is 0 Å². The van der Waals surface area contributed by atoms with Gasteiger partial charge in [-0.15, -0.1) is 0 Å². The molecular weight excluding hydrogens is 439 g/mol. The molecule has 0 bridgehead atoms. The predicted molar refractivity (Wildman–Crippen MR) is 123 cm³/mol. The fraction of sp³-hybridized carbons (Fsp3) is 0.250. The van der Waals surface area contributed by atoms with Crippen molar-refractivity contribution in [3.05, 3.63) is 72.2 Å². The van der Waals surface area contributed by atoms with Crippen molar-refractivity contribution in [1.29, 1.82) is 5.26 Å². The SMILES string of the molecule is N#C[C@@H]1C[C@@H](OC(=O)Nc2ccccc2)CC[C@H]1n1cc(C(N)=O)c(Nc2ccc(F)cc2)n1. The van der Waals surface area contributed by atoms with E-state index < -0.39 is 24.0 Å². The maximum Gasteiger partial charge on any atom is 0.411 e. The number of anilines is 3. The van der Waals surface area contributed by atoms with Gasteiger partial charge in [0.15, 0.2) is 5.82 Å². The van der Waals surface area contributed by atoms with Gasteiger partial charge in [0.05, 0.1) is 18.0 Å². The number of ether oxygens (including phenoxy) is 1. The zero-order valence-electron chi connectivity index (χ0n) is 18.1. The quantitative estimate of drug-likeness (QED) is 0.498. The molecule has 2 aromatic carbocycles. The van der Waals surface area contributed by atoms with E-state index in [1.54, 1.807) is 28.9 Å². The number of nitriles is 1. The van der Waals surface area contributed by atoms with Crippen LogP contribution in [0.15, 0.2) is 60.8 Å². The lowest BCUT2D eigenvalue weighted by Crippen LogP contribution is -2.33. The second-order valence-corrected chi connectivity index (χ2v) is 8.00. The normalized spacial score (nSPS) is 19.6. The van der Waals surface area contributed by atoms with Crippen molar-refractivity contribution in [2.45, 2.75) is 31.4 Å². The standard InChI is InChI=1S/C24H23FN6O3/c25-16-6-8-18(9-7-16)28-23-20(22(27)32)14-31(30-23)21-11-10-19(12-15(21)13-26)34-24(33)29-17-4-2-1-3-5-17/h1-9,14-15,19,21H,10-12H2,(H2,27,32)(H,28,30)(H,29,33)/t15-,19-,21+/m0/s1. The van der Waals surface area contributed by atoms with Crippen LogP contribution in [0.3, 0.4) is 0 Å². The van der Waals surface area contributed by atoms with Gasteiger partial charge in [0.25, 0.3) is 5.91 Å². The highest BCUT2D eigenvalue weighted by atomic mass is 19.1. The van der Waals surface area contributed by atoms with E-state index in [4.69, 9.17) is 10.5 Å². The number of carbonyl (C=O) groups is 2. The molecule has 1 heterocycles. The van der Waals surface area contributed by atoms with Crippen molar-refractivity contribution < 1.29 is 18.7 Å². The lowest BCUT2D eigenvalue weighted by atomic mass is 9.83. The Kier molecular flexibility index (Phi) is 6.73. The third-order valence-corrected chi connectivity index (χ3v) is 5.67. The first-order valence-electron chi connectivity index (χ1n) is 10.8. The van der Waals surface area contributed by atoms with Gasteiger partial charge in [-0.2, -0.15) is 10.4 Å². The van der Waals surface area contributed by atoms with Gasteiger partial charge in [-0.3, -0.25) is 14.8 Å². The Hall–Kier alpha value is -4.39. The molecule has 0 aliphatic heterocycles. The average molecular weight is 462 g/mol. The van der Waals surface area contributed by atoms with Crippen LogP contribution in [0.2, 0.25) is 0 Å². The van der Waals surface area contributed by atoms with Gasteiger partial charge >= 0.3 is 6.09 Å². The van der Waals surface area contributed by atoms with Crippen molar-refractivity contribution in [2.24, 2.45) is 11.7 Å². The van der Waals surface area contributed by atoms with Gasteiger partial charge < -0.3 is 15.8 Å². The number of hydrogen-bond acceptors (Lipinski definition) is 6. The van der Waals surface area contributed by atoms with Crippen LogP contribution in [0.4, 0.5) is 26.4 Å². The number of halogens is 1. The Labute approximate surface area is 195 Å². The number of aromatic nitrogens is 2. The minimum absolute atomic E-state index is 0.154. The third-order valence-electron chi connectivity index (χ3n) is 5.67. The fourth-order valence-corrected chi connectivity index (χ4v) is 4.00. The van der Waals surface area contributed by atoms with Gasteiger partial charge in [-0.1, -0.05) is 18.2 Å². The van der Waals surface area contributed by atoms with Crippen molar-refractivity contribution >= 4 is 29.2 Å². The van der Waals surface area contributed by atoms with Gasteiger partial charge in [-0.05, 0) is 49.2 Å². The summed E-state index contributed by atoms with van der Waals surface area (Å²) in [5.41, 5.74) is 6.83. The van der Waals surface area contributed by atoms with Crippen molar-refractivity contribution in [3.63, 3.8) is 0 Å². The zero-order chi connectivity index (χ0) is 24.1. The number of benzene rings is 2. The number of nitrogens with zero attached hydrogens (tertiary/aromatic N) is 3. The Bertz CT molecular complexity index is 1210. The van der Waals surface area contributed by atoms with E-state index >= 15 is 0 Å². The van der Waals surface area contributed by atoms with Crippen molar-refractivity contribution in [1.82, 2.24) is 9.78 Å². The highest BCUT2D eigenvalue weighted by Gasteiger charge is 2.35. The second-order valence-electron chi connectivity index (χ2n) is 8.00. The summed E-state index contributed by atoms with van der Waals surface area (Å²) < 4.78 is 20.3. The van der Waals surface area contributed by atoms with Gasteiger partial charge in [0.2, 0.25) is 0 Å². The Balaban J connectivity index is 1.45. The number of primary amides is 1. The maximum atomic E-state index is 13.2. The number of para-hydroxylation sites is 1. The third kappa shape index (κ3) is 5.32. The first kappa shape index (κ1) is 22.8. The first-order valence-corrected chi connectivity index (χ1v) is 10.8. The van der Waals surface area contributed by atoms with Crippen LogP contribution in [0, 0.1) is 23.1 Å². The predicted octanol–water partition coefficient (Wildman–Crippen LogP) is 4.35. The molecule has 4 rings (SSSR count). The Morgan fingerprint density at radius 1 is 1.12 bits per heavy atom. The maximum absolute atomic E-state index is 13.2. The molecule has 10 heteroatoms. The van der Waals surface area contributed by atoms with Crippen molar-refractivity contribution in [3.8, 4) is 6.07 Å². The van der Waals surface area contributed by atoms with E-state index in [-0.39, 0.29) is 23.2 Å². The summed E-state index contributed by atoms with van der Waals surface area (Å²) in [6.07, 6.45) is 1.87. The zero-order valence-corrected chi connectivity index (χ0v) is 18.1. The summed E-state index contributed by atoms with van der Waals surface area (Å²) in [5, 5.41) is 19.9. The minimum Gasteiger partial charge on any atom is -0.446 e. The molecule has 4 N–H and O–H groups in total. The molecular formula is C24H23FN6O3. The van der Waals surface area contributed by atoms with Crippen LogP contribution in [0.1, 0.15) is 35.7 Å². The van der Waals surface area contributed by atoms with Crippen molar-refractivity contribution in [2.75, 3.05) is 10.6 Å². The molecule has 2 amide bonds. The van der Waals surface area contributed by atoms with E-state index in [0.29, 0.717) is 30.6 Å². The second kappa shape index (κ2) is 10.0. The Morgan fingerprint density at radius 3 is 2.53 bits per heavy atom. The highest BCUT2D eigenvalue weighted by Crippen LogP contribution is 2.36. The number of nitrogens with one attached hydrogen (secondary N) is 2. The van der Waals surface area contributed by atoms with E-state index in [9.17, 15) is 19.2 Å². The molecule has 0 unspecified atom stereocenters. The Morgan fingerprint density at radius 2 is 1.85 bits per heavy atom. The molecule has 1 aromatic heterocycles. The van der Waals surface area contributed by atoms with E-state index in [2.05, 4.69) is 21.8 Å². The van der Waals surface area contributed by atoms with Crippen LogP contribution in [0.25, 0.3) is 0 Å². The van der Waals surface area contributed by atoms with Crippen LogP contribution >= 0.6 is 0 Å². The summed E-state index contributed by atoms with van der Waals surface area (Å²) in [5.74, 6) is -1.35. The molecule has 1 aliphatic rings. The lowest BCUT2D eigenvalue weighted by Gasteiger charge is -2.32. The van der Waals surface area contributed by atoms with E-state index in [1.165, 1.54) is 30.5 Å². The topological polar surface area (TPSA) is 135 Å². The summed E-state index contributed by atoms with van der Waals surface area (Å²) in [6, 6.07) is 16.5. The summed E-state index contributed by atoms with van der Waals surface area (Å²) in [4.78, 5) is 24.2. The summed E-state index contributed by atoms with van der Waals surface area (Å²) in [7, 11) is 0. The van der Waals surface area contributed by atoms with Gasteiger partial charge in [-0.25, -0.2) is 9.18 Å². The molecule has 1 saturated carbocycles. The number of carbonyl (C=O) groups excluding carboxylic acids is 2. The largest absolute Gasteiger partial charge is 0.446 e. The molecule has 34 heavy (non-hydrogen) atoms. The molecule has 3 aromatic rings. The molecule has 1 fully saturated rings. The fourth-order valence-electron chi connectivity index (χ4n) is 4.00. The smallest absolute Gasteiger partial charge is 0.411 e. The molecule has 0 spiro atoms.